The molecule has 0 amide bonds. The maximum absolute atomic E-state index is 5.37. The summed E-state index contributed by atoms with van der Waals surface area (Å²) in [6, 6.07) is 62.0. The maximum Gasteiger partial charge on any atom is -0.00724 e. The monoisotopic (exact) mass is 808 g/mol. The molecule has 49 heavy (non-hydrogen) atoms. The second-order valence-corrected chi connectivity index (χ2v) is 18.4. The van der Waals surface area contributed by atoms with Crippen molar-refractivity contribution in [3.05, 3.63) is 170 Å². The minimum Gasteiger partial charge on any atom is -0.0622 e. The second-order valence-electron chi connectivity index (χ2n) is 11.4. The molecule has 0 saturated carbocycles. The van der Waals surface area contributed by atoms with Crippen molar-refractivity contribution >= 4 is 67.1 Å². The fourth-order valence-electron chi connectivity index (χ4n) is 6.14. The molecule has 0 spiro atoms. The summed E-state index contributed by atoms with van der Waals surface area (Å²) in [5, 5.41) is 8.25. The molecule has 7 rings (SSSR count). The van der Waals surface area contributed by atoms with E-state index in [1.165, 1.54) is 68.9 Å². The van der Waals surface area contributed by atoms with Gasteiger partial charge < -0.3 is 10.6 Å². The summed E-state index contributed by atoms with van der Waals surface area (Å²) < 4.78 is 0. The van der Waals surface area contributed by atoms with Gasteiger partial charge in [0.05, 0.1) is 0 Å². The average molecular weight is 809 g/mol. The van der Waals surface area contributed by atoms with Crippen molar-refractivity contribution in [3.63, 3.8) is 0 Å². The van der Waals surface area contributed by atoms with Gasteiger partial charge in [-0.1, -0.05) is 170 Å². The van der Waals surface area contributed by atoms with Gasteiger partial charge >= 0.3 is 34.5 Å². The summed E-state index contributed by atoms with van der Waals surface area (Å²) in [5.41, 5.74) is 8.01. The average Bonchev–Trinajstić information content (AvgIpc) is 3.69. The number of hydrogen-bond acceptors (Lipinski definition) is 2. The quantitative estimate of drug-likeness (QED) is 0.118. The Morgan fingerprint density at radius 1 is 0.469 bits per heavy atom. The Bertz CT molecular complexity index is 1590. The van der Waals surface area contributed by atoms with Gasteiger partial charge in [0, 0.05) is 13.1 Å². The van der Waals surface area contributed by atoms with Crippen molar-refractivity contribution < 1.29 is 15.1 Å². The number of nitrogens with two attached hydrogens (primary N) is 1. The second kappa shape index (κ2) is 20.9. The van der Waals surface area contributed by atoms with Gasteiger partial charge in [-0.15, -0.1) is 0 Å². The van der Waals surface area contributed by atoms with Gasteiger partial charge in [-0.2, -0.15) is 0 Å². The van der Waals surface area contributed by atoms with Gasteiger partial charge in [-0.25, -0.2) is 0 Å². The Morgan fingerprint density at radius 2 is 0.755 bits per heavy atom. The van der Waals surface area contributed by atoms with E-state index < -0.39 is 15.8 Å². The standard InChI is InChI=1S/C36H28P2.C6H14N2.2ClH.Ru/c1-5-17-29(18-6-1)37(30-19-7-2-8-20-30)35-27-15-13-25-33(35)34-26-14-16-28-36(34)38(31-21-9-3-10-22-31)32-23-11-4-12-24-32;7-3-6-8-4-1-2-5-8;;;/h1-28H;1-7H2;2*1H;/q;;;;+2/p-2. The predicted molar refractivity (Wildman–Crippen MR) is 216 cm³/mol. The van der Waals surface area contributed by atoms with E-state index in [-0.39, 0.29) is 15.1 Å². The van der Waals surface area contributed by atoms with Crippen LogP contribution in [0.15, 0.2) is 170 Å². The molecule has 0 aromatic heterocycles. The molecular formula is C42H42Cl2N2P2Ru. The summed E-state index contributed by atoms with van der Waals surface area (Å²) in [7, 11) is 8.26. The van der Waals surface area contributed by atoms with Crippen LogP contribution in [0.3, 0.4) is 0 Å². The molecule has 0 unspecified atom stereocenters. The summed E-state index contributed by atoms with van der Waals surface area (Å²) in [5.74, 6) is 0. The summed E-state index contributed by atoms with van der Waals surface area (Å²) in [6.07, 6.45) is 2.75. The van der Waals surface area contributed by atoms with Gasteiger partial charge in [-0.05, 0) is 84.7 Å². The van der Waals surface area contributed by atoms with E-state index >= 15 is 0 Å². The van der Waals surface area contributed by atoms with Crippen LogP contribution in [0.4, 0.5) is 0 Å². The Morgan fingerprint density at radius 3 is 1.06 bits per heavy atom. The molecule has 0 bridgehead atoms. The largest absolute Gasteiger partial charge is 0.0622 e. The Labute approximate surface area is 310 Å². The van der Waals surface area contributed by atoms with E-state index in [9.17, 15) is 0 Å². The molecule has 0 radical (unpaired) electrons. The molecule has 1 aliphatic rings. The number of likely N-dealkylation sites (tertiary alicyclic amines) is 1. The van der Waals surface area contributed by atoms with Crippen LogP contribution in [0.25, 0.3) is 11.1 Å². The van der Waals surface area contributed by atoms with Crippen molar-refractivity contribution in [3.8, 4) is 11.1 Å². The molecule has 1 aliphatic heterocycles. The van der Waals surface area contributed by atoms with E-state index in [1.807, 2.05) is 0 Å². The summed E-state index contributed by atoms with van der Waals surface area (Å²) >= 11 is -0.346. The molecule has 2 N–H and O–H groups in total. The van der Waals surface area contributed by atoms with E-state index in [1.54, 1.807) is 0 Å². The minimum atomic E-state index is -0.723. The fraction of sp³-hybridized carbons (Fsp3) is 0.143. The van der Waals surface area contributed by atoms with Gasteiger partial charge in [0.2, 0.25) is 0 Å². The first-order valence-electron chi connectivity index (χ1n) is 16.5. The summed E-state index contributed by atoms with van der Waals surface area (Å²) in [6.45, 7) is 4.47. The third kappa shape index (κ3) is 10.7. The number of nitrogens with zero attached hydrogens (tertiary/aromatic N) is 1. The van der Waals surface area contributed by atoms with E-state index in [2.05, 4.69) is 175 Å². The zero-order valence-corrected chi connectivity index (χ0v) is 32.5. The normalized spacial score (nSPS) is 12.7. The van der Waals surface area contributed by atoms with Crippen LogP contribution in [-0.4, -0.2) is 31.1 Å². The summed E-state index contributed by atoms with van der Waals surface area (Å²) in [4.78, 5) is 2.42. The van der Waals surface area contributed by atoms with Crippen LogP contribution in [0.1, 0.15) is 12.8 Å². The Balaban J connectivity index is 0.000000366. The van der Waals surface area contributed by atoms with Gasteiger partial charge in [0.25, 0.3) is 0 Å². The third-order valence-corrected chi connectivity index (χ3v) is 13.3. The van der Waals surface area contributed by atoms with Crippen molar-refractivity contribution in [2.45, 2.75) is 12.8 Å². The predicted octanol–water partition coefficient (Wildman–Crippen LogP) is 8.29. The van der Waals surface area contributed by atoms with Crippen molar-refractivity contribution in [1.29, 1.82) is 0 Å². The zero-order valence-electron chi connectivity index (χ0n) is 27.4. The van der Waals surface area contributed by atoms with E-state index in [0.29, 0.717) is 0 Å². The van der Waals surface area contributed by atoms with Crippen LogP contribution in [0.5, 0.6) is 0 Å². The van der Waals surface area contributed by atoms with Crippen LogP contribution >= 0.6 is 35.2 Å². The molecule has 0 atom stereocenters. The maximum atomic E-state index is 5.37. The molecule has 0 aliphatic carbocycles. The fourth-order valence-corrected chi connectivity index (χ4v) is 11.1. The minimum absolute atomic E-state index is 0.346. The molecular weight excluding hydrogens is 766 g/mol. The smallest absolute Gasteiger partial charge is 0.00724 e. The molecule has 6 aromatic rings. The van der Waals surface area contributed by atoms with Gasteiger partial charge in [0.1, 0.15) is 0 Å². The molecule has 7 heteroatoms. The first-order chi connectivity index (χ1) is 24.2. The number of hydrogen-bond donors (Lipinski definition) is 1. The molecule has 1 fully saturated rings. The first kappa shape index (κ1) is 37.6. The molecule has 252 valence electrons. The third-order valence-electron chi connectivity index (χ3n) is 8.28. The van der Waals surface area contributed by atoms with Crippen molar-refractivity contribution in [1.82, 2.24) is 4.90 Å². The van der Waals surface area contributed by atoms with Crippen LogP contribution in [0.2, 0.25) is 0 Å². The van der Waals surface area contributed by atoms with Crippen molar-refractivity contribution in [2.75, 3.05) is 26.2 Å². The van der Waals surface area contributed by atoms with Gasteiger partial charge in [-0.3, -0.25) is 0 Å². The topological polar surface area (TPSA) is 29.3 Å². The number of benzene rings is 6. The van der Waals surface area contributed by atoms with Gasteiger partial charge in [0.15, 0.2) is 0 Å². The molecule has 6 aromatic carbocycles. The number of halogens is 2. The first-order valence-corrected chi connectivity index (χ1v) is 23.7. The molecule has 1 saturated heterocycles. The number of rotatable bonds is 9. The SMILES string of the molecule is NCCN1CCCC1.[Cl][Ru][Cl].c1ccc(P(c2ccccc2)c2ccccc2-c2ccccc2P(c2ccccc2)c2ccccc2)cc1. The van der Waals surface area contributed by atoms with E-state index in [0.717, 1.165) is 13.1 Å². The van der Waals surface area contributed by atoms with E-state index in [4.69, 9.17) is 25.1 Å². The Kier molecular flexibility index (Phi) is 16.0. The van der Waals surface area contributed by atoms with Crippen LogP contribution in [-0.2, 0) is 15.1 Å². The van der Waals surface area contributed by atoms with Crippen LogP contribution < -0.4 is 37.6 Å². The molecule has 2 nitrogen and oxygen atoms in total. The Hall–Kier alpha value is -2.70. The zero-order chi connectivity index (χ0) is 34.1. The van der Waals surface area contributed by atoms with Crippen LogP contribution in [0, 0.1) is 0 Å². The molecule has 1 heterocycles. The van der Waals surface area contributed by atoms with Crippen molar-refractivity contribution in [2.24, 2.45) is 5.73 Å².